The molecule has 0 unspecified atom stereocenters. The number of hydrogen-bond acceptors (Lipinski definition) is 1. The zero-order valence-electron chi connectivity index (χ0n) is 15.6. The molecule has 0 N–H and O–H groups in total. The monoisotopic (exact) mass is 414 g/mol. The summed E-state index contributed by atoms with van der Waals surface area (Å²) in [5.74, 6) is 0.752. The van der Waals surface area contributed by atoms with Crippen LogP contribution < -0.4 is 21.2 Å². The van der Waals surface area contributed by atoms with Gasteiger partial charge < -0.3 is 4.57 Å². The van der Waals surface area contributed by atoms with Gasteiger partial charge in [-0.3, -0.25) is 0 Å². The fourth-order valence-corrected chi connectivity index (χ4v) is 10.6. The Bertz CT molecular complexity index is 1020. The van der Waals surface area contributed by atoms with Gasteiger partial charge in [0.25, 0.3) is 0 Å². The third-order valence-corrected chi connectivity index (χ3v) is 11.7. The van der Waals surface area contributed by atoms with Crippen LogP contribution in [-0.4, -0.2) is 13.5 Å². The van der Waals surface area contributed by atoms with E-state index in [1.807, 2.05) is 60.7 Å². The quantitative estimate of drug-likeness (QED) is 0.346. The highest BCUT2D eigenvalue weighted by molar-refractivity contribution is 8.14. The first-order valence-electron chi connectivity index (χ1n) is 9.35. The minimum Gasteiger partial charge on any atom is -0.310 e. The molecule has 0 fully saturated rings. The minimum atomic E-state index is -2.76. The lowest BCUT2D eigenvalue weighted by molar-refractivity contribution is 0.589. The van der Waals surface area contributed by atoms with Crippen LogP contribution in [0, 0.1) is 0 Å². The summed E-state index contributed by atoms with van der Waals surface area (Å²) in [6, 6.07) is 42.0. The van der Waals surface area contributed by atoms with Gasteiger partial charge >= 0.3 is 0 Å². The molecule has 0 saturated carbocycles. The zero-order chi connectivity index (χ0) is 20.2. The fourth-order valence-electron chi connectivity index (χ4n) is 3.38. The molecular weight excluding hydrogens is 389 g/mol. The van der Waals surface area contributed by atoms with Crippen LogP contribution in [-0.2, 0) is 4.57 Å². The van der Waals surface area contributed by atoms with Crippen LogP contribution in [0.4, 0.5) is 0 Å². The Morgan fingerprint density at radius 1 is 0.552 bits per heavy atom. The maximum absolute atomic E-state index is 14.8. The van der Waals surface area contributed by atoms with Crippen LogP contribution in [0.3, 0.4) is 0 Å². The van der Waals surface area contributed by atoms with E-state index < -0.39 is 14.3 Å². The molecule has 0 aliphatic carbocycles. The van der Waals surface area contributed by atoms with Gasteiger partial charge in [-0.15, -0.1) is 0 Å². The van der Waals surface area contributed by atoms with Gasteiger partial charge in [0.2, 0.25) is 0 Å². The van der Waals surface area contributed by atoms with E-state index >= 15 is 0 Å². The first kappa shape index (κ1) is 19.9. The average molecular weight is 414 g/mol. The van der Waals surface area contributed by atoms with E-state index in [0.717, 1.165) is 16.5 Å². The van der Waals surface area contributed by atoms with Gasteiger partial charge in [-0.1, -0.05) is 104 Å². The average Bonchev–Trinajstić information content (AvgIpc) is 2.81. The summed E-state index contributed by atoms with van der Waals surface area (Å²) in [6.45, 7) is 0. The van der Waals surface area contributed by atoms with Crippen LogP contribution in [0.25, 0.3) is 0 Å². The molecule has 0 amide bonds. The van der Waals surface area contributed by atoms with Crippen LogP contribution >= 0.6 is 14.3 Å². The van der Waals surface area contributed by atoms with Crippen molar-refractivity contribution in [3.05, 3.63) is 121 Å². The molecule has 0 spiro atoms. The molecule has 0 bridgehead atoms. The molecule has 29 heavy (non-hydrogen) atoms. The smallest absolute Gasteiger partial charge is 0.174 e. The molecule has 1 nitrogen and oxygen atoms in total. The molecule has 0 radical (unpaired) electrons. The SMILES string of the molecule is [BH3-][P+](CP(=O)(c1ccccc1)c1ccccc1)(c1ccccc1)c1ccccc1. The van der Waals surface area contributed by atoms with Crippen molar-refractivity contribution in [2.75, 3.05) is 5.90 Å². The van der Waals surface area contributed by atoms with Crippen molar-refractivity contribution in [3.63, 3.8) is 0 Å². The predicted octanol–water partition coefficient (Wildman–Crippen LogP) is 3.91. The highest BCUT2D eigenvalue weighted by Gasteiger charge is 2.41. The Kier molecular flexibility index (Phi) is 5.86. The molecule has 4 aromatic carbocycles. The Labute approximate surface area is 174 Å². The standard InChI is InChI=1S/C25H25BOP2/c26-28(22-13-5-1-6-14-22,23-15-7-2-8-16-23)21-29(27,24-17-9-3-10-18-24)25-19-11-4-12-20-25/h1-20H,21H2,26H3. The lowest BCUT2D eigenvalue weighted by atomic mass is 10.4. The maximum Gasteiger partial charge on any atom is 0.174 e. The zero-order valence-corrected chi connectivity index (χ0v) is 17.3. The first-order valence-corrected chi connectivity index (χ1v) is 12.8. The van der Waals surface area contributed by atoms with Gasteiger partial charge in [0, 0.05) is 10.6 Å². The third-order valence-electron chi connectivity index (χ3n) is 4.82. The minimum absolute atomic E-state index is 0.126. The highest BCUT2D eigenvalue weighted by Crippen LogP contribution is 2.63. The summed E-state index contributed by atoms with van der Waals surface area (Å²) >= 11 is 0. The van der Waals surface area contributed by atoms with Crippen LogP contribution in [0.5, 0.6) is 0 Å². The summed E-state index contributed by atoms with van der Waals surface area (Å²) in [5.41, 5.74) is 0. The lowest BCUT2D eigenvalue weighted by Crippen LogP contribution is -2.29. The largest absolute Gasteiger partial charge is 0.310 e. The maximum atomic E-state index is 14.8. The van der Waals surface area contributed by atoms with Gasteiger partial charge in [-0.2, -0.15) is 0 Å². The van der Waals surface area contributed by atoms with E-state index in [4.69, 9.17) is 0 Å². The molecule has 0 saturated heterocycles. The molecule has 0 aromatic heterocycles. The van der Waals surface area contributed by atoms with E-state index in [-0.39, 0.29) is 7.57 Å². The number of rotatable bonds is 6. The van der Waals surface area contributed by atoms with Crippen molar-refractivity contribution in [3.8, 4) is 0 Å². The molecule has 0 aliphatic heterocycles. The summed E-state index contributed by atoms with van der Waals surface area (Å²) in [4.78, 5) is 0. The predicted molar refractivity (Wildman–Crippen MR) is 134 cm³/mol. The second-order valence-electron chi connectivity index (χ2n) is 6.65. The molecule has 0 aliphatic rings. The Morgan fingerprint density at radius 2 is 0.862 bits per heavy atom. The molecule has 0 heterocycles. The van der Waals surface area contributed by atoms with Gasteiger partial charge in [0.1, 0.15) is 7.57 Å². The normalized spacial score (nSPS) is 11.9. The van der Waals surface area contributed by atoms with Gasteiger partial charge in [-0.05, 0) is 24.3 Å². The summed E-state index contributed by atoms with van der Waals surface area (Å²) in [7, 11) is -4.53. The molecule has 4 aromatic rings. The molecule has 0 atom stereocenters. The lowest BCUT2D eigenvalue weighted by Gasteiger charge is -2.34. The van der Waals surface area contributed by atoms with Crippen LogP contribution in [0.15, 0.2) is 121 Å². The fraction of sp³-hybridized carbons (Fsp3) is 0.0400. The Hall–Kier alpha value is -2.40. The van der Waals surface area contributed by atoms with E-state index in [9.17, 15) is 4.57 Å². The van der Waals surface area contributed by atoms with Crippen LogP contribution in [0.1, 0.15) is 0 Å². The van der Waals surface area contributed by atoms with Crippen LogP contribution in [0.2, 0.25) is 0 Å². The van der Waals surface area contributed by atoms with Gasteiger partial charge in [-0.25, -0.2) is 0 Å². The topological polar surface area (TPSA) is 17.1 Å². The van der Waals surface area contributed by atoms with Crippen molar-refractivity contribution in [1.29, 1.82) is 0 Å². The van der Waals surface area contributed by atoms with E-state index in [0.29, 0.717) is 0 Å². The van der Waals surface area contributed by atoms with Crippen molar-refractivity contribution >= 4 is 43.1 Å². The van der Waals surface area contributed by atoms with Gasteiger partial charge in [0.05, 0.1) is 16.5 Å². The third kappa shape index (κ3) is 4.02. The number of hydrogen-bond donors (Lipinski definition) is 0. The van der Waals surface area contributed by atoms with Crippen molar-refractivity contribution in [2.24, 2.45) is 0 Å². The molecule has 144 valence electrons. The van der Waals surface area contributed by atoms with Crippen molar-refractivity contribution in [2.45, 2.75) is 0 Å². The second kappa shape index (κ2) is 8.54. The van der Waals surface area contributed by atoms with E-state index in [2.05, 4.69) is 60.7 Å². The second-order valence-corrected chi connectivity index (χ2v) is 12.2. The van der Waals surface area contributed by atoms with Crippen molar-refractivity contribution < 1.29 is 4.57 Å². The molecule has 4 rings (SSSR count). The Morgan fingerprint density at radius 3 is 1.21 bits per heavy atom. The summed E-state index contributed by atoms with van der Waals surface area (Å²) in [5, 5.41) is 4.75. The van der Waals surface area contributed by atoms with Gasteiger partial charge in [0.15, 0.2) is 7.14 Å². The summed E-state index contributed by atoms with van der Waals surface area (Å²) in [6.07, 6.45) is 0. The van der Waals surface area contributed by atoms with E-state index in [1.54, 1.807) is 0 Å². The van der Waals surface area contributed by atoms with Crippen molar-refractivity contribution in [1.82, 2.24) is 0 Å². The highest BCUT2D eigenvalue weighted by atomic mass is 31.2. The van der Waals surface area contributed by atoms with E-state index in [1.165, 1.54) is 10.6 Å². The summed E-state index contributed by atoms with van der Waals surface area (Å²) < 4.78 is 14.8. The molecule has 4 heteroatoms. The first-order chi connectivity index (χ1) is 14.1. The Balaban J connectivity index is 1.92. The number of benzene rings is 4. The molecular formula is C25H25BOP2.